The van der Waals surface area contributed by atoms with Crippen molar-refractivity contribution in [2.75, 3.05) is 13.6 Å². The third-order valence-corrected chi connectivity index (χ3v) is 6.14. The Kier molecular flexibility index (Phi) is 7.53. The summed E-state index contributed by atoms with van der Waals surface area (Å²) in [6.45, 7) is 1.92. The van der Waals surface area contributed by atoms with Crippen molar-refractivity contribution in [3.63, 3.8) is 0 Å². The van der Waals surface area contributed by atoms with Gasteiger partial charge >= 0.3 is 0 Å². The molecule has 2 aromatic carbocycles. The molecule has 1 N–H and O–H groups in total. The Hall–Kier alpha value is -2.90. The van der Waals surface area contributed by atoms with Crippen LogP contribution in [0.2, 0.25) is 10.0 Å². The minimum atomic E-state index is -0.721. The van der Waals surface area contributed by atoms with Gasteiger partial charge in [-0.3, -0.25) is 24.1 Å². The Morgan fingerprint density at radius 2 is 1.66 bits per heavy atom. The lowest BCUT2D eigenvalue weighted by Gasteiger charge is -2.28. The highest BCUT2D eigenvalue weighted by Gasteiger charge is 2.35. The van der Waals surface area contributed by atoms with Crippen molar-refractivity contribution in [3.05, 3.63) is 69.2 Å². The zero-order valence-corrected chi connectivity index (χ0v) is 19.2. The fourth-order valence-electron chi connectivity index (χ4n) is 3.60. The van der Waals surface area contributed by atoms with Gasteiger partial charge in [-0.05, 0) is 43.2 Å². The minimum Gasteiger partial charge on any atom is -0.357 e. The highest BCUT2D eigenvalue weighted by atomic mass is 35.5. The molecule has 1 aliphatic rings. The van der Waals surface area contributed by atoms with Crippen LogP contribution in [0.4, 0.5) is 0 Å². The van der Waals surface area contributed by atoms with Gasteiger partial charge in [-0.1, -0.05) is 41.4 Å². The van der Waals surface area contributed by atoms with Crippen molar-refractivity contribution in [1.82, 2.24) is 15.1 Å². The molecule has 168 valence electrons. The maximum absolute atomic E-state index is 13.0. The number of nitrogens with one attached hydrogen (secondary N) is 1. The molecule has 0 bridgehead atoms. The van der Waals surface area contributed by atoms with E-state index >= 15 is 0 Å². The number of imide groups is 1. The number of nitrogens with zero attached hydrogens (tertiary/aromatic N) is 2. The van der Waals surface area contributed by atoms with Crippen molar-refractivity contribution >= 4 is 46.8 Å². The Balaban J connectivity index is 1.67. The van der Waals surface area contributed by atoms with E-state index in [2.05, 4.69) is 5.32 Å². The summed E-state index contributed by atoms with van der Waals surface area (Å²) in [5, 5.41) is 3.30. The minimum absolute atomic E-state index is 0.0655. The summed E-state index contributed by atoms with van der Waals surface area (Å²) >= 11 is 12.1. The van der Waals surface area contributed by atoms with E-state index in [0.717, 1.165) is 10.5 Å². The topological polar surface area (TPSA) is 86.8 Å². The zero-order chi connectivity index (χ0) is 23.4. The number of carbonyl (C=O) groups is 4. The number of carbonyl (C=O) groups excluding carboxylic acids is 4. The van der Waals surface area contributed by atoms with Crippen LogP contribution in [0.15, 0.2) is 42.5 Å². The van der Waals surface area contributed by atoms with Crippen molar-refractivity contribution in [2.24, 2.45) is 0 Å². The maximum Gasteiger partial charge on any atom is 0.261 e. The van der Waals surface area contributed by atoms with E-state index in [-0.39, 0.29) is 49.6 Å². The number of rotatable bonds is 8. The number of likely N-dealkylation sites (N-methyl/N-ethyl adjacent to an activating group) is 1. The van der Waals surface area contributed by atoms with Crippen LogP contribution in [-0.4, -0.2) is 53.1 Å². The second kappa shape index (κ2) is 10.1. The lowest BCUT2D eigenvalue weighted by atomic mass is 10.1. The van der Waals surface area contributed by atoms with E-state index in [0.29, 0.717) is 21.2 Å². The monoisotopic (exact) mass is 475 g/mol. The molecule has 0 aliphatic carbocycles. The zero-order valence-electron chi connectivity index (χ0n) is 17.7. The van der Waals surface area contributed by atoms with E-state index < -0.39 is 6.04 Å². The lowest BCUT2D eigenvalue weighted by molar-refractivity contribution is -0.140. The Bertz CT molecular complexity index is 1040. The molecule has 0 saturated carbocycles. The summed E-state index contributed by atoms with van der Waals surface area (Å²) in [5.74, 6) is -1.29. The Morgan fingerprint density at radius 3 is 2.22 bits per heavy atom. The van der Waals surface area contributed by atoms with Gasteiger partial charge in [0.2, 0.25) is 11.8 Å². The molecule has 1 atom stereocenters. The van der Waals surface area contributed by atoms with Gasteiger partial charge in [0.05, 0.1) is 21.2 Å². The molecule has 1 heterocycles. The average Bonchev–Trinajstić information content (AvgIpc) is 3.03. The van der Waals surface area contributed by atoms with E-state index in [1.807, 2.05) is 0 Å². The molecule has 32 heavy (non-hydrogen) atoms. The molecule has 0 saturated heterocycles. The highest BCUT2D eigenvalue weighted by Crippen LogP contribution is 2.25. The quantitative estimate of drug-likeness (QED) is 0.591. The second-order valence-corrected chi connectivity index (χ2v) is 8.29. The first-order valence-electron chi connectivity index (χ1n) is 10.1. The van der Waals surface area contributed by atoms with Gasteiger partial charge in [0.25, 0.3) is 11.8 Å². The molecule has 0 fully saturated rings. The number of hydrogen-bond donors (Lipinski definition) is 1. The van der Waals surface area contributed by atoms with Gasteiger partial charge in [-0.25, -0.2) is 0 Å². The number of halogens is 2. The van der Waals surface area contributed by atoms with E-state index in [1.165, 1.54) is 11.9 Å². The largest absolute Gasteiger partial charge is 0.357 e. The summed E-state index contributed by atoms with van der Waals surface area (Å²) in [6, 6.07) is 10.9. The normalized spacial score (nSPS) is 13.7. The molecule has 0 unspecified atom stereocenters. The van der Waals surface area contributed by atoms with Crippen molar-refractivity contribution in [1.29, 1.82) is 0 Å². The first-order chi connectivity index (χ1) is 15.2. The standard InChI is InChI=1S/C23H23Cl2N3O4/c1-14(21(30)26-2)28(13-15-9-10-18(24)19(25)12-15)20(29)8-5-11-27-22(31)16-6-3-4-7-17(16)23(27)32/h3-4,6-7,9-10,12,14H,5,8,11,13H2,1-2H3,(H,26,30)/t14-/m1/s1. The van der Waals surface area contributed by atoms with Crippen LogP contribution in [0.5, 0.6) is 0 Å². The summed E-state index contributed by atoms with van der Waals surface area (Å²) in [7, 11) is 1.50. The molecule has 0 spiro atoms. The third-order valence-electron chi connectivity index (χ3n) is 5.40. The van der Waals surface area contributed by atoms with Crippen LogP contribution in [0.25, 0.3) is 0 Å². The van der Waals surface area contributed by atoms with Crippen LogP contribution in [-0.2, 0) is 16.1 Å². The predicted molar refractivity (Wildman–Crippen MR) is 122 cm³/mol. The summed E-state index contributed by atoms with van der Waals surface area (Å²) < 4.78 is 0. The van der Waals surface area contributed by atoms with Crippen molar-refractivity contribution < 1.29 is 19.2 Å². The van der Waals surface area contributed by atoms with Crippen LogP contribution in [0.1, 0.15) is 46.0 Å². The Morgan fingerprint density at radius 1 is 1.03 bits per heavy atom. The van der Waals surface area contributed by atoms with E-state index in [1.54, 1.807) is 49.4 Å². The molecule has 1 aliphatic heterocycles. The van der Waals surface area contributed by atoms with Gasteiger partial charge in [-0.15, -0.1) is 0 Å². The summed E-state index contributed by atoms with van der Waals surface area (Å²) in [5.41, 5.74) is 1.47. The van der Waals surface area contributed by atoms with E-state index in [4.69, 9.17) is 23.2 Å². The SMILES string of the molecule is CNC(=O)[C@@H](C)N(Cc1ccc(Cl)c(Cl)c1)C(=O)CCCN1C(=O)c2ccccc2C1=O. The van der Waals surface area contributed by atoms with Crippen LogP contribution in [0, 0.1) is 0 Å². The third kappa shape index (κ3) is 4.95. The molecule has 3 rings (SSSR count). The molecule has 9 heteroatoms. The fraction of sp³-hybridized carbons (Fsp3) is 0.304. The number of fused-ring (bicyclic) bond motifs is 1. The summed E-state index contributed by atoms with van der Waals surface area (Å²) in [4.78, 5) is 52.8. The fourth-order valence-corrected chi connectivity index (χ4v) is 3.92. The van der Waals surface area contributed by atoms with Crippen molar-refractivity contribution in [3.8, 4) is 0 Å². The number of benzene rings is 2. The van der Waals surface area contributed by atoms with Crippen molar-refractivity contribution in [2.45, 2.75) is 32.4 Å². The maximum atomic E-state index is 13.0. The predicted octanol–water partition coefficient (Wildman–Crippen LogP) is 3.53. The molecular weight excluding hydrogens is 453 g/mol. The molecule has 2 aromatic rings. The lowest BCUT2D eigenvalue weighted by Crippen LogP contribution is -2.46. The highest BCUT2D eigenvalue weighted by molar-refractivity contribution is 6.42. The van der Waals surface area contributed by atoms with Crippen LogP contribution < -0.4 is 5.32 Å². The molecule has 0 aromatic heterocycles. The second-order valence-electron chi connectivity index (χ2n) is 7.47. The van der Waals surface area contributed by atoms with Crippen LogP contribution >= 0.6 is 23.2 Å². The number of amides is 4. The first-order valence-corrected chi connectivity index (χ1v) is 10.9. The van der Waals surface area contributed by atoms with Gasteiger partial charge in [0.1, 0.15) is 6.04 Å². The van der Waals surface area contributed by atoms with E-state index in [9.17, 15) is 19.2 Å². The first kappa shape index (κ1) is 23.8. The van der Waals surface area contributed by atoms with Gasteiger partial charge in [0, 0.05) is 26.6 Å². The smallest absolute Gasteiger partial charge is 0.261 e. The average molecular weight is 476 g/mol. The summed E-state index contributed by atoms with van der Waals surface area (Å²) in [6.07, 6.45) is 0.346. The van der Waals surface area contributed by atoms with Crippen LogP contribution in [0.3, 0.4) is 0 Å². The molecule has 7 nitrogen and oxygen atoms in total. The molecule has 4 amide bonds. The number of hydrogen-bond acceptors (Lipinski definition) is 4. The molecular formula is C23H23Cl2N3O4. The van der Waals surface area contributed by atoms with Gasteiger partial charge < -0.3 is 10.2 Å². The molecule has 0 radical (unpaired) electrons. The van der Waals surface area contributed by atoms with Gasteiger partial charge in [-0.2, -0.15) is 0 Å². The Labute approximate surface area is 196 Å². The van der Waals surface area contributed by atoms with Gasteiger partial charge in [0.15, 0.2) is 0 Å².